The molecule has 1 aromatic carbocycles. The van der Waals surface area contributed by atoms with Crippen molar-refractivity contribution in [3.05, 3.63) is 35.9 Å². The van der Waals surface area contributed by atoms with Gasteiger partial charge in [-0.3, -0.25) is 4.79 Å². The van der Waals surface area contributed by atoms with Crippen molar-refractivity contribution in [2.45, 2.75) is 96.0 Å². The third kappa shape index (κ3) is 8.52. The second kappa shape index (κ2) is 12.1. The van der Waals surface area contributed by atoms with Gasteiger partial charge in [-0.25, -0.2) is 0 Å². The third-order valence-corrected chi connectivity index (χ3v) is 5.01. The first kappa shape index (κ1) is 19.0. The fourth-order valence-electron chi connectivity index (χ4n) is 3.56. The summed E-state index contributed by atoms with van der Waals surface area (Å²) in [4.78, 5) is 12.2. The van der Waals surface area contributed by atoms with E-state index in [9.17, 15) is 4.79 Å². The fourth-order valence-corrected chi connectivity index (χ4v) is 3.56. The van der Waals surface area contributed by atoms with Crippen molar-refractivity contribution in [1.82, 2.24) is 0 Å². The molecule has 1 aliphatic heterocycles. The van der Waals surface area contributed by atoms with Gasteiger partial charge in [0.25, 0.3) is 0 Å². The maximum absolute atomic E-state index is 12.2. The lowest BCUT2D eigenvalue weighted by molar-refractivity contribution is -0.149. The van der Waals surface area contributed by atoms with Gasteiger partial charge in [-0.15, -0.1) is 0 Å². The first-order chi connectivity index (χ1) is 11.8. The van der Waals surface area contributed by atoms with Crippen LogP contribution in [0.2, 0.25) is 0 Å². The van der Waals surface area contributed by atoms with E-state index >= 15 is 0 Å². The van der Waals surface area contributed by atoms with Crippen LogP contribution in [0.15, 0.2) is 30.3 Å². The molecule has 2 nitrogen and oxygen atoms in total. The maximum atomic E-state index is 12.2. The Bertz CT molecular complexity index is 441. The minimum absolute atomic E-state index is 0.00280. The minimum Gasteiger partial charge on any atom is -0.462 e. The van der Waals surface area contributed by atoms with Gasteiger partial charge in [-0.1, -0.05) is 88.1 Å². The van der Waals surface area contributed by atoms with Crippen LogP contribution in [0.4, 0.5) is 0 Å². The van der Waals surface area contributed by atoms with E-state index in [4.69, 9.17) is 4.74 Å². The highest BCUT2D eigenvalue weighted by molar-refractivity contribution is 5.69. The normalized spacial score (nSPS) is 22.7. The standard InChI is InChI=1S/C22H34O2/c23-22-18-14-9-7-5-3-1-2-4-6-8-13-17-21(24-22)19-20-15-11-10-12-16-20/h10-12,15-16,21H,1-9,13-14,17-19H2. The monoisotopic (exact) mass is 330 g/mol. The smallest absolute Gasteiger partial charge is 0.306 e. The van der Waals surface area contributed by atoms with E-state index < -0.39 is 0 Å². The Kier molecular flexibility index (Phi) is 9.60. The lowest BCUT2D eigenvalue weighted by Crippen LogP contribution is -2.20. The fraction of sp³-hybridized carbons (Fsp3) is 0.682. The molecular formula is C22H34O2. The molecule has 1 unspecified atom stereocenters. The van der Waals surface area contributed by atoms with Crippen molar-refractivity contribution in [2.24, 2.45) is 0 Å². The molecule has 24 heavy (non-hydrogen) atoms. The first-order valence-corrected chi connectivity index (χ1v) is 10.1. The summed E-state index contributed by atoms with van der Waals surface area (Å²) in [6.45, 7) is 0. The molecule has 0 aliphatic carbocycles. The van der Waals surface area contributed by atoms with Crippen LogP contribution < -0.4 is 0 Å². The van der Waals surface area contributed by atoms with Crippen molar-refractivity contribution in [2.75, 3.05) is 0 Å². The number of hydrogen-bond donors (Lipinski definition) is 0. The number of carbonyl (C=O) groups excluding carboxylic acids is 1. The average Bonchev–Trinajstić information content (AvgIpc) is 2.59. The number of esters is 1. The molecule has 1 aromatic rings. The molecule has 0 bridgehead atoms. The van der Waals surface area contributed by atoms with Gasteiger partial charge in [0.2, 0.25) is 0 Å². The van der Waals surface area contributed by atoms with Crippen LogP contribution in [-0.2, 0) is 16.0 Å². The summed E-state index contributed by atoms with van der Waals surface area (Å²) in [7, 11) is 0. The predicted octanol–water partition coefficient (Wildman–Crippen LogP) is 6.23. The molecular weight excluding hydrogens is 296 g/mol. The third-order valence-electron chi connectivity index (χ3n) is 5.01. The van der Waals surface area contributed by atoms with Gasteiger partial charge >= 0.3 is 5.97 Å². The van der Waals surface area contributed by atoms with Crippen LogP contribution in [0.1, 0.15) is 89.0 Å². The molecule has 0 saturated carbocycles. The number of rotatable bonds is 2. The number of benzene rings is 1. The van der Waals surface area contributed by atoms with Gasteiger partial charge < -0.3 is 4.74 Å². The lowest BCUT2D eigenvalue weighted by Gasteiger charge is -2.18. The minimum atomic E-state index is 0.00280. The van der Waals surface area contributed by atoms with Crippen molar-refractivity contribution in [1.29, 1.82) is 0 Å². The van der Waals surface area contributed by atoms with E-state index in [1.807, 2.05) is 6.07 Å². The van der Waals surface area contributed by atoms with E-state index in [1.54, 1.807) is 0 Å². The largest absolute Gasteiger partial charge is 0.462 e. The molecule has 134 valence electrons. The number of cyclic esters (lactones) is 1. The van der Waals surface area contributed by atoms with E-state index in [1.165, 1.54) is 69.8 Å². The van der Waals surface area contributed by atoms with Crippen LogP contribution in [0, 0.1) is 0 Å². The van der Waals surface area contributed by atoms with E-state index in [2.05, 4.69) is 24.3 Å². The SMILES string of the molecule is O=C1CCCCCCCCCCCCCC(Cc2ccccc2)O1. The van der Waals surface area contributed by atoms with Crippen molar-refractivity contribution in [3.63, 3.8) is 0 Å². The van der Waals surface area contributed by atoms with Gasteiger partial charge in [-0.05, 0) is 24.8 Å². The molecule has 0 radical (unpaired) electrons. The quantitative estimate of drug-likeness (QED) is 0.601. The van der Waals surface area contributed by atoms with Crippen LogP contribution in [0.25, 0.3) is 0 Å². The van der Waals surface area contributed by atoms with Gasteiger partial charge in [-0.2, -0.15) is 0 Å². The van der Waals surface area contributed by atoms with Crippen molar-refractivity contribution >= 4 is 5.97 Å². The van der Waals surface area contributed by atoms with Gasteiger partial charge in [0.05, 0.1) is 0 Å². The Balaban J connectivity index is 1.84. The van der Waals surface area contributed by atoms with Crippen LogP contribution >= 0.6 is 0 Å². The zero-order chi connectivity index (χ0) is 16.9. The Morgan fingerprint density at radius 3 is 1.92 bits per heavy atom. The molecule has 0 aromatic heterocycles. The van der Waals surface area contributed by atoms with E-state index in [0.717, 1.165) is 19.3 Å². The molecule has 2 rings (SSSR count). The summed E-state index contributed by atoms with van der Waals surface area (Å²) >= 11 is 0. The molecule has 2 heteroatoms. The van der Waals surface area contributed by atoms with E-state index in [-0.39, 0.29) is 12.1 Å². The van der Waals surface area contributed by atoms with Gasteiger partial charge in [0.15, 0.2) is 0 Å². The first-order valence-electron chi connectivity index (χ1n) is 10.1. The molecule has 0 amide bonds. The van der Waals surface area contributed by atoms with Crippen molar-refractivity contribution in [3.8, 4) is 0 Å². The summed E-state index contributed by atoms with van der Waals surface area (Å²) in [5.74, 6) is 0.00280. The summed E-state index contributed by atoms with van der Waals surface area (Å²) in [5, 5.41) is 0. The highest BCUT2D eigenvalue weighted by atomic mass is 16.5. The topological polar surface area (TPSA) is 26.3 Å². The zero-order valence-corrected chi connectivity index (χ0v) is 15.2. The van der Waals surface area contributed by atoms with E-state index in [0.29, 0.717) is 6.42 Å². The predicted molar refractivity (Wildman–Crippen MR) is 100 cm³/mol. The Morgan fingerprint density at radius 2 is 1.29 bits per heavy atom. The van der Waals surface area contributed by atoms with Gasteiger partial charge in [0, 0.05) is 12.8 Å². The highest BCUT2D eigenvalue weighted by Gasteiger charge is 2.15. The van der Waals surface area contributed by atoms with Gasteiger partial charge in [0.1, 0.15) is 6.10 Å². The summed E-state index contributed by atoms with van der Waals surface area (Å²) in [6.07, 6.45) is 16.5. The number of ether oxygens (including phenoxy) is 1. The molecule has 1 saturated heterocycles. The summed E-state index contributed by atoms with van der Waals surface area (Å²) in [5.41, 5.74) is 1.27. The molecule has 1 fully saturated rings. The number of carbonyl (C=O) groups is 1. The summed E-state index contributed by atoms with van der Waals surface area (Å²) in [6, 6.07) is 10.4. The lowest BCUT2D eigenvalue weighted by atomic mass is 10.0. The van der Waals surface area contributed by atoms with Crippen LogP contribution in [0.5, 0.6) is 0 Å². The second-order valence-electron chi connectivity index (χ2n) is 7.23. The van der Waals surface area contributed by atoms with Crippen LogP contribution in [0.3, 0.4) is 0 Å². The Hall–Kier alpha value is -1.31. The molecule has 0 spiro atoms. The highest BCUT2D eigenvalue weighted by Crippen LogP contribution is 2.18. The Morgan fingerprint density at radius 1 is 0.750 bits per heavy atom. The second-order valence-corrected chi connectivity index (χ2v) is 7.23. The van der Waals surface area contributed by atoms with Crippen LogP contribution in [-0.4, -0.2) is 12.1 Å². The zero-order valence-electron chi connectivity index (χ0n) is 15.2. The average molecular weight is 331 g/mol. The number of hydrogen-bond acceptors (Lipinski definition) is 2. The molecule has 1 heterocycles. The molecule has 0 N–H and O–H groups in total. The maximum Gasteiger partial charge on any atom is 0.306 e. The summed E-state index contributed by atoms with van der Waals surface area (Å²) < 4.78 is 5.82. The molecule has 1 atom stereocenters. The molecule has 1 aliphatic rings. The van der Waals surface area contributed by atoms with Crippen molar-refractivity contribution < 1.29 is 9.53 Å². The Labute approximate surface area is 148 Å².